The molecular formula is C26H38N2O2. The van der Waals surface area contributed by atoms with Crippen LogP contribution in [0.25, 0.3) is 11.1 Å². The van der Waals surface area contributed by atoms with Gasteiger partial charge in [-0.3, -0.25) is 4.79 Å². The number of rotatable bonds is 10. The number of likely N-dealkylation sites (N-methyl/N-ethyl adjacent to an activating group) is 1. The van der Waals surface area contributed by atoms with Gasteiger partial charge in [-0.05, 0) is 67.2 Å². The maximum Gasteiger partial charge on any atom is 0.251 e. The molecule has 0 saturated carbocycles. The van der Waals surface area contributed by atoms with E-state index in [1.165, 1.54) is 0 Å². The molecule has 0 radical (unpaired) electrons. The molecule has 2 rings (SSSR count). The van der Waals surface area contributed by atoms with Gasteiger partial charge in [0.1, 0.15) is 11.9 Å². The Bertz CT molecular complexity index is 789. The van der Waals surface area contributed by atoms with Crippen LogP contribution in [0, 0.1) is 5.41 Å². The number of ether oxygens (including phenoxy) is 1. The molecule has 0 aliphatic carbocycles. The Morgan fingerprint density at radius 2 is 1.70 bits per heavy atom. The molecule has 1 N–H and O–H groups in total. The van der Waals surface area contributed by atoms with Gasteiger partial charge in [-0.2, -0.15) is 0 Å². The number of benzene rings is 2. The lowest BCUT2D eigenvalue weighted by Crippen LogP contribution is -2.33. The topological polar surface area (TPSA) is 41.6 Å². The van der Waals surface area contributed by atoms with Crippen LogP contribution < -0.4 is 10.1 Å². The molecule has 2 aromatic rings. The van der Waals surface area contributed by atoms with E-state index in [9.17, 15) is 4.79 Å². The Balaban J connectivity index is 1.99. The molecule has 1 amide bonds. The number of amides is 1. The first-order valence-electron chi connectivity index (χ1n) is 11.1. The van der Waals surface area contributed by atoms with Gasteiger partial charge in [-0.15, -0.1) is 0 Å². The first kappa shape index (κ1) is 23.9. The summed E-state index contributed by atoms with van der Waals surface area (Å²) < 4.78 is 6.14. The molecule has 2 aromatic carbocycles. The molecule has 0 saturated heterocycles. The summed E-state index contributed by atoms with van der Waals surface area (Å²) in [6.07, 6.45) is 1.08. The fraction of sp³-hybridized carbons (Fsp3) is 0.500. The Morgan fingerprint density at radius 3 is 2.30 bits per heavy atom. The van der Waals surface area contributed by atoms with Crippen molar-refractivity contribution in [3.63, 3.8) is 0 Å². The van der Waals surface area contributed by atoms with Crippen LogP contribution in [0.15, 0.2) is 48.5 Å². The summed E-state index contributed by atoms with van der Waals surface area (Å²) in [6, 6.07) is 15.9. The first-order valence-corrected chi connectivity index (χ1v) is 11.1. The zero-order valence-electron chi connectivity index (χ0n) is 19.5. The number of carbonyl (C=O) groups is 1. The van der Waals surface area contributed by atoms with Gasteiger partial charge < -0.3 is 15.0 Å². The second-order valence-corrected chi connectivity index (χ2v) is 9.09. The van der Waals surface area contributed by atoms with Crippen LogP contribution in [0.2, 0.25) is 0 Å². The molecule has 1 atom stereocenters. The zero-order valence-corrected chi connectivity index (χ0v) is 19.5. The van der Waals surface area contributed by atoms with Crippen molar-refractivity contribution in [1.82, 2.24) is 10.2 Å². The standard InChI is InChI=1S/C26H38N2O2/c1-7-28(8-2)19-20(3)30-24-11-9-10-23(18-24)21-12-14-22(15-13-21)25(29)27-17-16-26(4,5)6/h9-15,18,20H,7-8,16-17,19H2,1-6H3,(H,27,29). The zero-order chi connectivity index (χ0) is 22.1. The summed E-state index contributed by atoms with van der Waals surface area (Å²) >= 11 is 0. The SMILES string of the molecule is CCN(CC)CC(C)Oc1cccc(-c2ccc(C(=O)NCCC(C)(C)C)cc2)c1. The van der Waals surface area contributed by atoms with Gasteiger partial charge in [-0.1, -0.05) is 58.9 Å². The van der Waals surface area contributed by atoms with Crippen LogP contribution in [-0.4, -0.2) is 43.1 Å². The van der Waals surface area contributed by atoms with Crippen LogP contribution in [-0.2, 0) is 0 Å². The van der Waals surface area contributed by atoms with Gasteiger partial charge in [0.25, 0.3) is 5.91 Å². The maximum absolute atomic E-state index is 12.4. The minimum Gasteiger partial charge on any atom is -0.489 e. The third-order valence-electron chi connectivity index (χ3n) is 5.22. The van der Waals surface area contributed by atoms with Crippen molar-refractivity contribution in [2.45, 2.75) is 54.1 Å². The summed E-state index contributed by atoms with van der Waals surface area (Å²) in [6.45, 7) is 16.6. The third-order valence-corrected chi connectivity index (χ3v) is 5.22. The Morgan fingerprint density at radius 1 is 1.03 bits per heavy atom. The van der Waals surface area contributed by atoms with Gasteiger partial charge >= 0.3 is 0 Å². The number of hydrogen-bond donors (Lipinski definition) is 1. The summed E-state index contributed by atoms with van der Waals surface area (Å²) in [5.41, 5.74) is 3.06. The van der Waals surface area contributed by atoms with Crippen LogP contribution >= 0.6 is 0 Å². The van der Waals surface area contributed by atoms with Crippen molar-refractivity contribution in [2.75, 3.05) is 26.2 Å². The molecule has 30 heavy (non-hydrogen) atoms. The quantitative estimate of drug-likeness (QED) is 0.552. The fourth-order valence-corrected chi connectivity index (χ4v) is 3.33. The lowest BCUT2D eigenvalue weighted by atomic mass is 9.92. The van der Waals surface area contributed by atoms with E-state index in [4.69, 9.17) is 4.74 Å². The van der Waals surface area contributed by atoms with E-state index in [2.05, 4.69) is 63.9 Å². The largest absolute Gasteiger partial charge is 0.489 e. The molecule has 0 aromatic heterocycles. The summed E-state index contributed by atoms with van der Waals surface area (Å²) in [7, 11) is 0. The van der Waals surface area contributed by atoms with Crippen molar-refractivity contribution in [3.05, 3.63) is 54.1 Å². The van der Waals surface area contributed by atoms with Gasteiger partial charge in [0.2, 0.25) is 0 Å². The summed E-state index contributed by atoms with van der Waals surface area (Å²) in [5.74, 6) is 0.851. The highest BCUT2D eigenvalue weighted by molar-refractivity contribution is 5.94. The average Bonchev–Trinajstić information content (AvgIpc) is 2.71. The lowest BCUT2D eigenvalue weighted by Gasteiger charge is -2.23. The van der Waals surface area contributed by atoms with Crippen LogP contribution in [0.1, 0.15) is 58.3 Å². The van der Waals surface area contributed by atoms with Crippen LogP contribution in [0.3, 0.4) is 0 Å². The van der Waals surface area contributed by atoms with Crippen molar-refractivity contribution in [3.8, 4) is 16.9 Å². The van der Waals surface area contributed by atoms with Crippen LogP contribution in [0.4, 0.5) is 0 Å². The first-order chi connectivity index (χ1) is 14.2. The van der Waals surface area contributed by atoms with E-state index < -0.39 is 0 Å². The predicted octanol–water partition coefficient (Wildman–Crippen LogP) is 5.63. The van der Waals surface area contributed by atoms with E-state index in [0.717, 1.165) is 42.9 Å². The van der Waals surface area contributed by atoms with E-state index in [1.54, 1.807) is 0 Å². The molecular weight excluding hydrogens is 372 g/mol. The van der Waals surface area contributed by atoms with Crippen molar-refractivity contribution in [2.24, 2.45) is 5.41 Å². The van der Waals surface area contributed by atoms with Gasteiger partial charge in [-0.25, -0.2) is 0 Å². The number of nitrogens with zero attached hydrogens (tertiary/aromatic N) is 1. The van der Waals surface area contributed by atoms with Crippen molar-refractivity contribution in [1.29, 1.82) is 0 Å². The summed E-state index contributed by atoms with van der Waals surface area (Å²) in [5, 5.41) is 3.01. The van der Waals surface area contributed by atoms with Gasteiger partial charge in [0.15, 0.2) is 0 Å². The molecule has 0 bridgehead atoms. The fourth-order valence-electron chi connectivity index (χ4n) is 3.33. The second-order valence-electron chi connectivity index (χ2n) is 9.09. The number of carbonyl (C=O) groups excluding carboxylic acids is 1. The summed E-state index contributed by atoms with van der Waals surface area (Å²) in [4.78, 5) is 14.7. The normalized spacial score (nSPS) is 12.6. The lowest BCUT2D eigenvalue weighted by molar-refractivity contribution is 0.0949. The molecule has 4 heteroatoms. The molecule has 0 spiro atoms. The van der Waals surface area contributed by atoms with E-state index in [0.29, 0.717) is 12.1 Å². The highest BCUT2D eigenvalue weighted by Gasteiger charge is 2.12. The minimum atomic E-state index is -0.0203. The Labute approximate surface area is 182 Å². The monoisotopic (exact) mass is 410 g/mol. The van der Waals surface area contributed by atoms with Gasteiger partial charge in [0.05, 0.1) is 0 Å². The maximum atomic E-state index is 12.4. The number of hydrogen-bond acceptors (Lipinski definition) is 3. The number of nitrogens with one attached hydrogen (secondary N) is 1. The molecule has 4 nitrogen and oxygen atoms in total. The second kappa shape index (κ2) is 11.2. The average molecular weight is 411 g/mol. The van der Waals surface area contributed by atoms with Crippen molar-refractivity contribution < 1.29 is 9.53 Å². The molecule has 0 aliphatic heterocycles. The smallest absolute Gasteiger partial charge is 0.251 e. The minimum absolute atomic E-state index is 0.0203. The molecule has 164 valence electrons. The molecule has 0 heterocycles. The van der Waals surface area contributed by atoms with Crippen molar-refractivity contribution >= 4 is 5.91 Å². The van der Waals surface area contributed by atoms with E-state index in [1.807, 2.05) is 36.4 Å². The van der Waals surface area contributed by atoms with Gasteiger partial charge in [0, 0.05) is 18.7 Å². The Hall–Kier alpha value is -2.33. The van der Waals surface area contributed by atoms with Crippen LogP contribution in [0.5, 0.6) is 5.75 Å². The van der Waals surface area contributed by atoms with E-state index >= 15 is 0 Å². The third kappa shape index (κ3) is 7.83. The highest BCUT2D eigenvalue weighted by Crippen LogP contribution is 2.25. The Kier molecular flexibility index (Phi) is 8.91. The predicted molar refractivity (Wildman–Crippen MR) is 126 cm³/mol. The molecule has 0 aliphatic rings. The molecule has 0 fully saturated rings. The molecule has 1 unspecified atom stereocenters. The van der Waals surface area contributed by atoms with E-state index in [-0.39, 0.29) is 17.4 Å². The highest BCUT2D eigenvalue weighted by atomic mass is 16.5.